The fourth-order valence-corrected chi connectivity index (χ4v) is 3.35. The zero-order valence-corrected chi connectivity index (χ0v) is 11.1. The quantitative estimate of drug-likeness (QED) is 0.789. The molecule has 1 heterocycles. The van der Waals surface area contributed by atoms with Gasteiger partial charge in [0, 0.05) is 12.6 Å². The second kappa shape index (κ2) is 5.57. The molecule has 7 heteroatoms. The van der Waals surface area contributed by atoms with Crippen molar-refractivity contribution in [2.75, 3.05) is 18.9 Å². The number of nitriles is 1. The average molecular weight is 281 g/mol. The summed E-state index contributed by atoms with van der Waals surface area (Å²) in [6.45, 7) is 1.03. The van der Waals surface area contributed by atoms with Crippen molar-refractivity contribution >= 4 is 15.7 Å². The summed E-state index contributed by atoms with van der Waals surface area (Å²) in [6, 6.07) is 5.82. The van der Waals surface area contributed by atoms with Gasteiger partial charge in [-0.15, -0.1) is 0 Å². The van der Waals surface area contributed by atoms with Crippen LogP contribution in [0.2, 0.25) is 0 Å². The number of anilines is 1. The third-order valence-corrected chi connectivity index (χ3v) is 4.50. The van der Waals surface area contributed by atoms with Crippen molar-refractivity contribution in [3.8, 4) is 6.07 Å². The number of nitrogen functional groups attached to an aromatic ring is 1. The molecule has 0 saturated carbocycles. The van der Waals surface area contributed by atoms with Gasteiger partial charge >= 0.3 is 0 Å². The van der Waals surface area contributed by atoms with E-state index in [1.54, 1.807) is 0 Å². The first-order valence-corrected chi connectivity index (χ1v) is 7.41. The molecule has 6 nitrogen and oxygen atoms in total. The minimum atomic E-state index is -3.68. The molecule has 102 valence electrons. The van der Waals surface area contributed by atoms with E-state index in [0.29, 0.717) is 18.8 Å². The van der Waals surface area contributed by atoms with Crippen LogP contribution in [0.4, 0.5) is 5.69 Å². The summed E-state index contributed by atoms with van der Waals surface area (Å²) in [5.74, 6) is 0. The van der Waals surface area contributed by atoms with Gasteiger partial charge in [0.1, 0.15) is 4.90 Å². The first-order valence-electron chi connectivity index (χ1n) is 5.92. The van der Waals surface area contributed by atoms with Crippen LogP contribution in [0, 0.1) is 11.3 Å². The molecule has 0 spiro atoms. The molecule has 2 rings (SSSR count). The van der Waals surface area contributed by atoms with Crippen LogP contribution in [-0.2, 0) is 14.8 Å². The fourth-order valence-electron chi connectivity index (χ4n) is 1.98. The van der Waals surface area contributed by atoms with E-state index in [1.165, 1.54) is 18.2 Å². The minimum Gasteiger partial charge on any atom is -0.398 e. The zero-order chi connectivity index (χ0) is 13.9. The molecule has 0 bridgehead atoms. The maximum atomic E-state index is 12.2. The highest BCUT2D eigenvalue weighted by Crippen LogP contribution is 2.20. The molecule has 0 aliphatic carbocycles. The van der Waals surface area contributed by atoms with Crippen molar-refractivity contribution in [2.24, 2.45) is 0 Å². The number of nitrogens with two attached hydrogens (primary N) is 1. The van der Waals surface area contributed by atoms with E-state index in [0.717, 1.165) is 12.8 Å². The normalized spacial score (nSPS) is 19.8. The summed E-state index contributed by atoms with van der Waals surface area (Å²) in [5.41, 5.74) is 6.09. The van der Waals surface area contributed by atoms with Crippen LogP contribution < -0.4 is 10.5 Å². The molecule has 1 unspecified atom stereocenters. The molecule has 3 N–H and O–H groups in total. The van der Waals surface area contributed by atoms with Gasteiger partial charge in [0.25, 0.3) is 0 Å². The van der Waals surface area contributed by atoms with Crippen LogP contribution in [0.3, 0.4) is 0 Å². The molecule has 1 aliphatic rings. The number of nitrogens with one attached hydrogen (secondary N) is 1. The Hall–Kier alpha value is -1.62. The number of nitrogens with zero attached hydrogens (tertiary/aromatic N) is 1. The van der Waals surface area contributed by atoms with E-state index in [-0.39, 0.29) is 16.6 Å². The largest absolute Gasteiger partial charge is 0.398 e. The fraction of sp³-hybridized carbons (Fsp3) is 0.417. The van der Waals surface area contributed by atoms with Crippen LogP contribution in [0.5, 0.6) is 0 Å². The van der Waals surface area contributed by atoms with E-state index in [4.69, 9.17) is 15.7 Å². The lowest BCUT2D eigenvalue weighted by Crippen LogP contribution is -2.40. The lowest BCUT2D eigenvalue weighted by Gasteiger charge is -2.23. The van der Waals surface area contributed by atoms with Crippen LogP contribution in [0.25, 0.3) is 0 Å². The van der Waals surface area contributed by atoms with Gasteiger partial charge in [0.15, 0.2) is 0 Å². The summed E-state index contributed by atoms with van der Waals surface area (Å²) >= 11 is 0. The summed E-state index contributed by atoms with van der Waals surface area (Å²) in [7, 11) is -3.68. The number of sulfonamides is 1. The Morgan fingerprint density at radius 1 is 1.47 bits per heavy atom. The third-order valence-electron chi connectivity index (χ3n) is 2.91. The van der Waals surface area contributed by atoms with Crippen molar-refractivity contribution in [3.63, 3.8) is 0 Å². The van der Waals surface area contributed by atoms with Gasteiger partial charge in [-0.05, 0) is 31.0 Å². The SMILES string of the molecule is N#Cc1ccc(S(=O)(=O)NC2CCCOC2)c(N)c1. The van der Waals surface area contributed by atoms with E-state index in [2.05, 4.69) is 4.72 Å². The summed E-state index contributed by atoms with van der Waals surface area (Å²) in [6.07, 6.45) is 1.57. The van der Waals surface area contributed by atoms with Gasteiger partial charge in [-0.2, -0.15) is 5.26 Å². The molecule has 0 amide bonds. The molecule has 19 heavy (non-hydrogen) atoms. The molecule has 1 saturated heterocycles. The Balaban J connectivity index is 2.22. The van der Waals surface area contributed by atoms with Gasteiger partial charge in [-0.3, -0.25) is 0 Å². The maximum Gasteiger partial charge on any atom is 0.242 e. The molecule has 0 aromatic heterocycles. The van der Waals surface area contributed by atoms with E-state index < -0.39 is 10.0 Å². The maximum absolute atomic E-state index is 12.2. The predicted molar refractivity (Wildman–Crippen MR) is 69.7 cm³/mol. The topological polar surface area (TPSA) is 105 Å². The zero-order valence-electron chi connectivity index (χ0n) is 10.3. The molecule has 1 aromatic rings. The van der Waals surface area contributed by atoms with Crippen molar-refractivity contribution in [1.29, 1.82) is 5.26 Å². The smallest absolute Gasteiger partial charge is 0.242 e. The Bertz CT molecular complexity index is 601. The van der Waals surface area contributed by atoms with Crippen molar-refractivity contribution in [1.82, 2.24) is 4.72 Å². The average Bonchev–Trinajstić information content (AvgIpc) is 2.38. The van der Waals surface area contributed by atoms with Gasteiger partial charge in [-0.25, -0.2) is 13.1 Å². The van der Waals surface area contributed by atoms with Crippen LogP contribution >= 0.6 is 0 Å². The summed E-state index contributed by atoms with van der Waals surface area (Å²) in [5, 5.41) is 8.73. The Labute approximate surface area is 112 Å². The van der Waals surface area contributed by atoms with Crippen molar-refractivity contribution < 1.29 is 13.2 Å². The van der Waals surface area contributed by atoms with E-state index in [1.807, 2.05) is 6.07 Å². The molecular formula is C12H15N3O3S. The molecule has 1 fully saturated rings. The first kappa shape index (κ1) is 13.8. The Morgan fingerprint density at radius 2 is 2.26 bits per heavy atom. The summed E-state index contributed by atoms with van der Waals surface area (Å²) in [4.78, 5) is -0.00271. The highest BCUT2D eigenvalue weighted by atomic mass is 32.2. The summed E-state index contributed by atoms with van der Waals surface area (Å²) < 4.78 is 32.2. The number of rotatable bonds is 3. The molecule has 1 aliphatic heterocycles. The Kier molecular flexibility index (Phi) is 4.04. The van der Waals surface area contributed by atoms with Crippen LogP contribution in [-0.4, -0.2) is 27.7 Å². The number of benzene rings is 1. The third kappa shape index (κ3) is 3.23. The monoisotopic (exact) mass is 281 g/mol. The van der Waals surface area contributed by atoms with Gasteiger partial charge in [0.05, 0.1) is 23.9 Å². The van der Waals surface area contributed by atoms with Gasteiger partial charge in [-0.1, -0.05) is 0 Å². The molecule has 1 atom stereocenters. The van der Waals surface area contributed by atoms with E-state index in [9.17, 15) is 8.42 Å². The standard InChI is InChI=1S/C12H15N3O3S/c13-7-9-3-4-12(11(14)6-9)19(16,17)15-10-2-1-5-18-8-10/h3-4,6,10,15H,1-2,5,8,14H2. The second-order valence-electron chi connectivity index (χ2n) is 4.40. The number of hydrogen-bond donors (Lipinski definition) is 2. The predicted octanol–water partition coefficient (Wildman–Crippen LogP) is 0.598. The van der Waals surface area contributed by atoms with E-state index >= 15 is 0 Å². The van der Waals surface area contributed by atoms with Crippen LogP contribution in [0.1, 0.15) is 18.4 Å². The minimum absolute atomic E-state index is 0.00271. The second-order valence-corrected chi connectivity index (χ2v) is 6.08. The van der Waals surface area contributed by atoms with Gasteiger partial charge < -0.3 is 10.5 Å². The number of hydrogen-bond acceptors (Lipinski definition) is 5. The highest BCUT2D eigenvalue weighted by Gasteiger charge is 2.24. The Morgan fingerprint density at radius 3 is 2.84 bits per heavy atom. The van der Waals surface area contributed by atoms with Crippen molar-refractivity contribution in [2.45, 2.75) is 23.8 Å². The lowest BCUT2D eigenvalue weighted by atomic mass is 10.1. The molecule has 1 aromatic carbocycles. The van der Waals surface area contributed by atoms with Gasteiger partial charge in [0.2, 0.25) is 10.0 Å². The first-order chi connectivity index (χ1) is 9.03. The highest BCUT2D eigenvalue weighted by molar-refractivity contribution is 7.89. The lowest BCUT2D eigenvalue weighted by molar-refractivity contribution is 0.0774. The number of ether oxygens (including phenoxy) is 1. The van der Waals surface area contributed by atoms with Crippen LogP contribution in [0.15, 0.2) is 23.1 Å². The van der Waals surface area contributed by atoms with Crippen molar-refractivity contribution in [3.05, 3.63) is 23.8 Å². The molecular weight excluding hydrogens is 266 g/mol. The molecule has 0 radical (unpaired) electrons.